The third-order valence-corrected chi connectivity index (χ3v) is 3.62. The number of sulfonamides is 1. The highest BCUT2D eigenvalue weighted by Gasteiger charge is 2.13. The summed E-state index contributed by atoms with van der Waals surface area (Å²) in [6.45, 7) is 0. The van der Waals surface area contributed by atoms with Crippen molar-refractivity contribution in [2.24, 2.45) is 5.14 Å². The normalized spacial score (nSPS) is 11.3. The highest BCUT2D eigenvalue weighted by Crippen LogP contribution is 2.27. The Kier molecular flexibility index (Phi) is 3.74. The Morgan fingerprint density at radius 3 is 2.47 bits per heavy atom. The fraction of sp³-hybridized carbons (Fsp3) is 0. The second-order valence-electron chi connectivity index (χ2n) is 3.69. The summed E-state index contributed by atoms with van der Waals surface area (Å²) in [6, 6.07) is 5.87. The maximum absolute atomic E-state index is 11.2. The molecule has 0 spiro atoms. The summed E-state index contributed by atoms with van der Waals surface area (Å²) >= 11 is 3.26. The van der Waals surface area contributed by atoms with Crippen LogP contribution in [0.3, 0.4) is 0 Å². The molecule has 1 aromatic heterocycles. The molecule has 4 N–H and O–H groups in total. The zero-order valence-corrected chi connectivity index (χ0v) is 12.0. The van der Waals surface area contributed by atoms with Crippen LogP contribution in [0.2, 0.25) is 0 Å². The van der Waals surface area contributed by atoms with Crippen LogP contribution in [0.1, 0.15) is 0 Å². The van der Waals surface area contributed by atoms with Gasteiger partial charge in [0.25, 0.3) is 0 Å². The van der Waals surface area contributed by atoms with Crippen LogP contribution in [-0.4, -0.2) is 13.4 Å². The van der Waals surface area contributed by atoms with Crippen molar-refractivity contribution in [1.29, 1.82) is 0 Å². The van der Waals surface area contributed by atoms with Crippen LogP contribution in [0.25, 0.3) is 0 Å². The number of nitrogens with two attached hydrogens (primary N) is 2. The van der Waals surface area contributed by atoms with Gasteiger partial charge in [-0.05, 0) is 34.1 Å². The van der Waals surface area contributed by atoms with E-state index in [0.717, 1.165) is 4.47 Å². The maximum atomic E-state index is 11.2. The van der Waals surface area contributed by atoms with Gasteiger partial charge in [0.1, 0.15) is 16.4 Å². The highest BCUT2D eigenvalue weighted by molar-refractivity contribution is 9.10. The molecule has 0 radical (unpaired) electrons. The summed E-state index contributed by atoms with van der Waals surface area (Å²) < 4.78 is 28.7. The van der Waals surface area contributed by atoms with Crippen molar-refractivity contribution in [2.45, 2.75) is 4.90 Å². The van der Waals surface area contributed by atoms with E-state index in [4.69, 9.17) is 15.6 Å². The summed E-state index contributed by atoms with van der Waals surface area (Å²) in [7, 11) is -3.83. The molecule has 0 amide bonds. The molecule has 0 saturated heterocycles. The Balaban J connectivity index is 2.31. The smallest absolute Gasteiger partial charge is 0.240 e. The molecule has 0 unspecified atom stereocenters. The first-order chi connectivity index (χ1) is 8.86. The lowest BCUT2D eigenvalue weighted by molar-refractivity contribution is 0.479. The number of benzene rings is 1. The lowest BCUT2D eigenvalue weighted by Gasteiger charge is -2.08. The van der Waals surface area contributed by atoms with E-state index in [1.807, 2.05) is 0 Å². The quantitative estimate of drug-likeness (QED) is 0.827. The maximum Gasteiger partial charge on any atom is 0.240 e. The lowest BCUT2D eigenvalue weighted by Crippen LogP contribution is -2.14. The molecular weight excluding hydrogens is 334 g/mol. The summed E-state index contributed by atoms with van der Waals surface area (Å²) in [6.07, 6.45) is 3.14. The van der Waals surface area contributed by atoms with Crippen LogP contribution >= 0.6 is 15.9 Å². The van der Waals surface area contributed by atoms with E-state index in [9.17, 15) is 8.42 Å². The summed E-state index contributed by atoms with van der Waals surface area (Å²) in [5.41, 5.74) is 5.66. The predicted molar refractivity (Wildman–Crippen MR) is 74.2 cm³/mol. The number of nitrogens with zero attached hydrogens (tertiary/aromatic N) is 1. The Morgan fingerprint density at radius 1 is 1.16 bits per heavy atom. The van der Waals surface area contributed by atoms with E-state index in [1.54, 1.807) is 12.3 Å². The van der Waals surface area contributed by atoms with Crippen molar-refractivity contribution in [3.63, 3.8) is 0 Å². The Labute approximate surface area is 118 Å². The number of pyridine rings is 1. The van der Waals surface area contributed by atoms with Crippen molar-refractivity contribution in [1.82, 2.24) is 4.98 Å². The molecule has 0 saturated carbocycles. The minimum atomic E-state index is -3.83. The van der Waals surface area contributed by atoms with Crippen LogP contribution in [-0.2, 0) is 10.0 Å². The van der Waals surface area contributed by atoms with Gasteiger partial charge in [0.05, 0.1) is 11.9 Å². The van der Waals surface area contributed by atoms with Crippen molar-refractivity contribution >= 4 is 31.6 Å². The number of rotatable bonds is 3. The Bertz CT molecular complexity index is 719. The molecule has 2 rings (SSSR count). The number of hydrogen-bond acceptors (Lipinski definition) is 5. The van der Waals surface area contributed by atoms with Crippen molar-refractivity contribution in [3.05, 3.63) is 41.1 Å². The number of halogens is 1. The molecule has 2 aromatic rings. The molecule has 0 fully saturated rings. The average molecular weight is 344 g/mol. The van der Waals surface area contributed by atoms with Crippen molar-refractivity contribution in [3.8, 4) is 11.5 Å². The fourth-order valence-corrected chi connectivity index (χ4v) is 2.42. The van der Waals surface area contributed by atoms with E-state index in [2.05, 4.69) is 20.9 Å². The van der Waals surface area contributed by atoms with Gasteiger partial charge in [-0.15, -0.1) is 0 Å². The first-order valence-corrected chi connectivity index (χ1v) is 7.41. The first kappa shape index (κ1) is 13.8. The van der Waals surface area contributed by atoms with Crippen LogP contribution in [0.15, 0.2) is 46.0 Å². The van der Waals surface area contributed by atoms with Gasteiger partial charge in [-0.3, -0.25) is 4.98 Å². The van der Waals surface area contributed by atoms with Gasteiger partial charge in [0, 0.05) is 16.7 Å². The largest absolute Gasteiger partial charge is 0.456 e. The molecule has 0 aliphatic carbocycles. The Hall–Kier alpha value is -1.64. The van der Waals surface area contributed by atoms with Crippen LogP contribution in [0.5, 0.6) is 11.5 Å². The molecule has 100 valence electrons. The van der Waals surface area contributed by atoms with Gasteiger partial charge in [0.2, 0.25) is 10.0 Å². The third kappa shape index (κ3) is 3.43. The van der Waals surface area contributed by atoms with Crippen molar-refractivity contribution < 1.29 is 13.2 Å². The van der Waals surface area contributed by atoms with Crippen LogP contribution in [0, 0.1) is 0 Å². The van der Waals surface area contributed by atoms with E-state index < -0.39 is 10.0 Å². The van der Waals surface area contributed by atoms with Gasteiger partial charge >= 0.3 is 0 Å². The number of anilines is 1. The summed E-state index contributed by atoms with van der Waals surface area (Å²) in [4.78, 5) is 3.81. The molecule has 0 atom stereocenters. The highest BCUT2D eigenvalue weighted by atomic mass is 79.9. The fourth-order valence-electron chi connectivity index (χ4n) is 1.43. The number of aromatic nitrogens is 1. The van der Waals surface area contributed by atoms with Crippen LogP contribution in [0.4, 0.5) is 5.69 Å². The average Bonchev–Trinajstić information content (AvgIpc) is 2.27. The molecule has 6 nitrogen and oxygen atoms in total. The zero-order chi connectivity index (χ0) is 14.0. The third-order valence-electron chi connectivity index (χ3n) is 2.20. The topological polar surface area (TPSA) is 108 Å². The molecule has 0 aliphatic heterocycles. The number of hydrogen-bond donors (Lipinski definition) is 2. The molecule has 0 aliphatic rings. The standard InChI is InChI=1S/C11H10BrN3O3S/c12-7-3-9(6-15-5-7)18-8-1-2-11(10(13)4-8)19(14,16)17/h1-6H,13H2,(H2,14,16,17). The predicted octanol–water partition coefficient (Wildman–Crippen LogP) is 1.87. The Morgan fingerprint density at radius 2 is 1.89 bits per heavy atom. The summed E-state index contributed by atoms with van der Waals surface area (Å²) in [5, 5.41) is 5.02. The summed E-state index contributed by atoms with van der Waals surface area (Å²) in [5.74, 6) is 0.891. The van der Waals surface area contributed by atoms with Gasteiger partial charge in [-0.1, -0.05) is 0 Å². The van der Waals surface area contributed by atoms with Gasteiger partial charge in [0.15, 0.2) is 0 Å². The van der Waals surface area contributed by atoms with Gasteiger partial charge in [-0.25, -0.2) is 13.6 Å². The number of primary sulfonamides is 1. The lowest BCUT2D eigenvalue weighted by atomic mass is 10.3. The number of nitrogen functional groups attached to an aromatic ring is 1. The van der Waals surface area contributed by atoms with E-state index >= 15 is 0 Å². The second-order valence-corrected chi connectivity index (χ2v) is 6.13. The van der Waals surface area contributed by atoms with E-state index in [0.29, 0.717) is 11.5 Å². The first-order valence-electron chi connectivity index (χ1n) is 5.07. The monoisotopic (exact) mass is 343 g/mol. The van der Waals surface area contributed by atoms with E-state index in [1.165, 1.54) is 24.4 Å². The molecule has 1 aromatic carbocycles. The van der Waals surface area contributed by atoms with Crippen LogP contribution < -0.4 is 15.6 Å². The van der Waals surface area contributed by atoms with Gasteiger partial charge in [-0.2, -0.15) is 0 Å². The molecule has 0 bridgehead atoms. The van der Waals surface area contributed by atoms with Crippen molar-refractivity contribution in [2.75, 3.05) is 5.73 Å². The molecule has 19 heavy (non-hydrogen) atoms. The minimum absolute atomic E-state index is 0.0305. The minimum Gasteiger partial charge on any atom is -0.456 e. The van der Waals surface area contributed by atoms with Gasteiger partial charge < -0.3 is 10.5 Å². The molecule has 1 heterocycles. The SMILES string of the molecule is Nc1cc(Oc2cncc(Br)c2)ccc1S(N)(=O)=O. The molecule has 8 heteroatoms. The second kappa shape index (κ2) is 5.16. The number of ether oxygens (including phenoxy) is 1. The zero-order valence-electron chi connectivity index (χ0n) is 9.58. The van der Waals surface area contributed by atoms with E-state index in [-0.39, 0.29) is 10.6 Å². The molecular formula is C11H10BrN3O3S.